The molecule has 0 aromatic heterocycles. The molecule has 0 aliphatic rings. The van der Waals surface area contributed by atoms with Crippen molar-refractivity contribution in [3.05, 3.63) is 65.2 Å². The number of aliphatic hydroxyl groups is 1. The van der Waals surface area contributed by atoms with Gasteiger partial charge >= 0.3 is 0 Å². The first-order valence-corrected chi connectivity index (χ1v) is 7.83. The summed E-state index contributed by atoms with van der Waals surface area (Å²) in [6.07, 6.45) is -0.481. The lowest BCUT2D eigenvalue weighted by molar-refractivity contribution is -0.698. The molecular weight excluding hydrogens is 274 g/mol. The number of quaternary nitrogens is 1. The van der Waals surface area contributed by atoms with E-state index in [0.717, 1.165) is 16.9 Å². The van der Waals surface area contributed by atoms with Gasteiger partial charge < -0.3 is 15.2 Å². The molecule has 2 rings (SSSR count). The first-order chi connectivity index (χ1) is 10.6. The van der Waals surface area contributed by atoms with Crippen LogP contribution in [0.15, 0.2) is 48.5 Å². The maximum Gasteiger partial charge on any atom is 0.137 e. The molecule has 0 aliphatic heterocycles. The Morgan fingerprint density at radius 2 is 1.64 bits per heavy atom. The Hall–Kier alpha value is -1.84. The van der Waals surface area contributed by atoms with Gasteiger partial charge in [-0.05, 0) is 31.9 Å². The van der Waals surface area contributed by atoms with Crippen molar-refractivity contribution in [2.45, 2.75) is 32.9 Å². The van der Waals surface area contributed by atoms with Crippen LogP contribution in [0, 0.1) is 13.8 Å². The molecule has 0 saturated carbocycles. The van der Waals surface area contributed by atoms with Gasteiger partial charge in [0.2, 0.25) is 0 Å². The monoisotopic (exact) mass is 300 g/mol. The third-order valence-corrected chi connectivity index (χ3v) is 3.92. The van der Waals surface area contributed by atoms with Crippen molar-refractivity contribution in [2.75, 3.05) is 13.2 Å². The van der Waals surface area contributed by atoms with Crippen molar-refractivity contribution >= 4 is 0 Å². The van der Waals surface area contributed by atoms with Crippen LogP contribution in [0.2, 0.25) is 0 Å². The fourth-order valence-electron chi connectivity index (χ4n) is 2.53. The van der Waals surface area contributed by atoms with Crippen molar-refractivity contribution < 1.29 is 15.2 Å². The highest BCUT2D eigenvalue weighted by molar-refractivity contribution is 5.39. The van der Waals surface area contributed by atoms with Crippen LogP contribution in [0.4, 0.5) is 0 Å². The van der Waals surface area contributed by atoms with Crippen LogP contribution in [-0.2, 0) is 0 Å². The first-order valence-electron chi connectivity index (χ1n) is 7.83. The number of aryl methyl sites for hydroxylation is 2. The second-order valence-electron chi connectivity index (χ2n) is 5.86. The van der Waals surface area contributed by atoms with Gasteiger partial charge in [0.1, 0.15) is 31.0 Å². The quantitative estimate of drug-likeness (QED) is 0.824. The molecule has 0 heterocycles. The normalized spacial score (nSPS) is 13.6. The van der Waals surface area contributed by atoms with E-state index in [1.54, 1.807) is 0 Å². The van der Waals surface area contributed by atoms with E-state index in [1.165, 1.54) is 5.56 Å². The summed E-state index contributed by atoms with van der Waals surface area (Å²) in [5.41, 5.74) is 3.48. The van der Waals surface area contributed by atoms with Gasteiger partial charge in [0.05, 0.1) is 0 Å². The van der Waals surface area contributed by atoms with Gasteiger partial charge in [-0.3, -0.25) is 0 Å². The molecule has 2 aromatic carbocycles. The molecule has 0 aliphatic carbocycles. The zero-order valence-corrected chi connectivity index (χ0v) is 13.6. The van der Waals surface area contributed by atoms with Gasteiger partial charge in [-0.1, -0.05) is 48.5 Å². The van der Waals surface area contributed by atoms with Gasteiger partial charge in [0, 0.05) is 5.56 Å². The predicted molar refractivity (Wildman–Crippen MR) is 89.1 cm³/mol. The summed E-state index contributed by atoms with van der Waals surface area (Å²) in [5, 5.41) is 12.3. The highest BCUT2D eigenvalue weighted by Crippen LogP contribution is 2.22. The molecule has 2 unspecified atom stereocenters. The number of para-hydroxylation sites is 1. The topological polar surface area (TPSA) is 46.1 Å². The number of hydrogen-bond donors (Lipinski definition) is 2. The Bertz CT molecular complexity index is 563. The number of aliphatic hydroxyl groups excluding tert-OH is 1. The van der Waals surface area contributed by atoms with Crippen LogP contribution >= 0.6 is 0 Å². The smallest absolute Gasteiger partial charge is 0.137 e. The number of ether oxygens (including phenoxy) is 1. The average Bonchev–Trinajstić information content (AvgIpc) is 2.53. The van der Waals surface area contributed by atoms with Crippen molar-refractivity contribution in [1.82, 2.24) is 0 Å². The summed E-state index contributed by atoms with van der Waals surface area (Å²) in [7, 11) is 0. The fraction of sp³-hybridized carbons (Fsp3) is 0.368. The van der Waals surface area contributed by atoms with Gasteiger partial charge in [-0.2, -0.15) is 0 Å². The summed E-state index contributed by atoms with van der Waals surface area (Å²) in [6.45, 7) is 7.15. The Morgan fingerprint density at radius 1 is 1.00 bits per heavy atom. The van der Waals surface area contributed by atoms with Crippen LogP contribution in [0.25, 0.3) is 0 Å². The SMILES string of the molecule is Cc1cccc(C)c1OCC(O)C[NH2+]C(C)c1ccccc1. The maximum atomic E-state index is 10.1. The van der Waals surface area contributed by atoms with Gasteiger partial charge in [0.25, 0.3) is 0 Å². The lowest BCUT2D eigenvalue weighted by Gasteiger charge is -2.17. The van der Waals surface area contributed by atoms with Gasteiger partial charge in [-0.15, -0.1) is 0 Å². The predicted octanol–water partition coefficient (Wildman–Crippen LogP) is 2.37. The minimum Gasteiger partial charge on any atom is -0.490 e. The molecule has 3 heteroatoms. The van der Waals surface area contributed by atoms with E-state index in [1.807, 2.05) is 50.2 Å². The molecule has 0 fully saturated rings. The number of nitrogens with two attached hydrogens (primary N) is 1. The van der Waals surface area contributed by atoms with E-state index in [9.17, 15) is 5.11 Å². The van der Waals surface area contributed by atoms with Crippen molar-refractivity contribution in [3.63, 3.8) is 0 Å². The van der Waals surface area contributed by atoms with Crippen LogP contribution in [-0.4, -0.2) is 24.4 Å². The first kappa shape index (κ1) is 16.5. The third-order valence-electron chi connectivity index (χ3n) is 3.92. The highest BCUT2D eigenvalue weighted by atomic mass is 16.5. The standard InChI is InChI=1S/C19H25NO2/c1-14-8-7-9-15(2)19(14)22-13-18(21)12-20-16(3)17-10-5-4-6-11-17/h4-11,16,18,20-21H,12-13H2,1-3H3/p+1. The minimum absolute atomic E-state index is 0.323. The average molecular weight is 300 g/mol. The van der Waals surface area contributed by atoms with Crippen LogP contribution in [0.3, 0.4) is 0 Å². The van der Waals surface area contributed by atoms with Crippen molar-refractivity contribution in [1.29, 1.82) is 0 Å². The molecule has 3 nitrogen and oxygen atoms in total. The van der Waals surface area contributed by atoms with E-state index in [4.69, 9.17) is 4.74 Å². The van der Waals surface area contributed by atoms with Crippen LogP contribution in [0.1, 0.15) is 29.7 Å². The second-order valence-corrected chi connectivity index (χ2v) is 5.86. The number of hydrogen-bond acceptors (Lipinski definition) is 2. The Labute approximate surface area is 133 Å². The Balaban J connectivity index is 1.80. The second kappa shape index (κ2) is 7.97. The summed E-state index contributed by atoms with van der Waals surface area (Å²) in [6, 6.07) is 16.7. The molecule has 2 atom stereocenters. The van der Waals surface area contributed by atoms with E-state index in [0.29, 0.717) is 19.2 Å². The molecule has 0 saturated heterocycles. The fourth-order valence-corrected chi connectivity index (χ4v) is 2.53. The third kappa shape index (κ3) is 4.58. The van der Waals surface area contributed by atoms with Gasteiger partial charge in [-0.25, -0.2) is 0 Å². The van der Waals surface area contributed by atoms with E-state index >= 15 is 0 Å². The number of benzene rings is 2. The molecule has 0 spiro atoms. The molecule has 0 bridgehead atoms. The lowest BCUT2D eigenvalue weighted by atomic mass is 10.1. The van der Waals surface area contributed by atoms with Crippen LogP contribution in [0.5, 0.6) is 5.75 Å². The maximum absolute atomic E-state index is 10.1. The minimum atomic E-state index is -0.481. The van der Waals surface area contributed by atoms with Crippen molar-refractivity contribution in [3.8, 4) is 5.75 Å². The zero-order valence-electron chi connectivity index (χ0n) is 13.6. The summed E-state index contributed by atoms with van der Waals surface area (Å²) in [4.78, 5) is 0. The zero-order chi connectivity index (χ0) is 15.9. The van der Waals surface area contributed by atoms with E-state index in [2.05, 4.69) is 24.4 Å². The van der Waals surface area contributed by atoms with Crippen LogP contribution < -0.4 is 10.1 Å². The molecule has 3 N–H and O–H groups in total. The highest BCUT2D eigenvalue weighted by Gasteiger charge is 2.13. The van der Waals surface area contributed by atoms with Gasteiger partial charge in [0.15, 0.2) is 0 Å². The molecule has 2 aromatic rings. The molecule has 0 radical (unpaired) electrons. The number of rotatable bonds is 7. The molecule has 118 valence electrons. The largest absolute Gasteiger partial charge is 0.490 e. The Kier molecular flexibility index (Phi) is 5.99. The van der Waals surface area contributed by atoms with E-state index < -0.39 is 6.10 Å². The molecule has 22 heavy (non-hydrogen) atoms. The lowest BCUT2D eigenvalue weighted by Crippen LogP contribution is -2.87. The summed E-state index contributed by atoms with van der Waals surface area (Å²) >= 11 is 0. The molecule has 0 amide bonds. The Morgan fingerprint density at radius 3 is 2.27 bits per heavy atom. The van der Waals surface area contributed by atoms with E-state index in [-0.39, 0.29) is 0 Å². The molecular formula is C19H26NO2+. The summed E-state index contributed by atoms with van der Waals surface area (Å²) < 4.78 is 5.80. The van der Waals surface area contributed by atoms with Crippen molar-refractivity contribution in [2.24, 2.45) is 0 Å². The summed E-state index contributed by atoms with van der Waals surface area (Å²) in [5.74, 6) is 0.887.